The number of halogens is 1. The van der Waals surface area contributed by atoms with E-state index in [0.29, 0.717) is 37.1 Å². The first-order valence-electron chi connectivity index (χ1n) is 8.63. The fourth-order valence-electron chi connectivity index (χ4n) is 2.76. The predicted molar refractivity (Wildman–Crippen MR) is 99.8 cm³/mol. The minimum atomic E-state index is -0.622. The average Bonchev–Trinajstić information content (AvgIpc) is 2.68. The molecule has 5 nitrogen and oxygen atoms in total. The monoisotopic (exact) mass is 375 g/mol. The first-order valence-corrected chi connectivity index (χ1v) is 9.00. The van der Waals surface area contributed by atoms with Crippen molar-refractivity contribution in [1.82, 2.24) is 4.90 Å². The molecule has 0 saturated carbocycles. The van der Waals surface area contributed by atoms with Crippen LogP contribution in [0.25, 0.3) is 0 Å². The van der Waals surface area contributed by atoms with Gasteiger partial charge in [-0.25, -0.2) is 0 Å². The Morgan fingerprint density at radius 1 is 1.23 bits per heavy atom. The Kier molecular flexibility index (Phi) is 6.36. The van der Waals surface area contributed by atoms with Crippen molar-refractivity contribution in [2.75, 3.05) is 26.3 Å². The molecule has 1 amide bonds. The van der Waals surface area contributed by atoms with Gasteiger partial charge in [0.1, 0.15) is 24.2 Å². The summed E-state index contributed by atoms with van der Waals surface area (Å²) in [6.07, 6.45) is -0.788. The van der Waals surface area contributed by atoms with Gasteiger partial charge in [-0.3, -0.25) is 4.79 Å². The lowest BCUT2D eigenvalue weighted by Crippen LogP contribution is -2.51. The van der Waals surface area contributed by atoms with Gasteiger partial charge in [0.2, 0.25) is 0 Å². The summed E-state index contributed by atoms with van der Waals surface area (Å²) >= 11 is 6.09. The molecule has 1 aliphatic heterocycles. The van der Waals surface area contributed by atoms with Gasteiger partial charge in [-0.2, -0.15) is 0 Å². The minimum absolute atomic E-state index is 0.0852. The highest BCUT2D eigenvalue weighted by Crippen LogP contribution is 2.24. The smallest absolute Gasteiger partial charge is 0.263 e. The maximum Gasteiger partial charge on any atom is 0.263 e. The zero-order valence-electron chi connectivity index (χ0n) is 14.6. The lowest BCUT2D eigenvalue weighted by Gasteiger charge is -2.34. The van der Waals surface area contributed by atoms with Gasteiger partial charge in [0.05, 0.1) is 18.2 Å². The van der Waals surface area contributed by atoms with Crippen LogP contribution in [0.4, 0.5) is 0 Å². The number of ether oxygens (including phenoxy) is 3. The molecule has 138 valence electrons. The highest BCUT2D eigenvalue weighted by molar-refractivity contribution is 6.32. The summed E-state index contributed by atoms with van der Waals surface area (Å²) in [5.74, 6) is 1.21. The van der Waals surface area contributed by atoms with Crippen LogP contribution in [0.2, 0.25) is 5.02 Å². The molecule has 0 N–H and O–H groups in total. The van der Waals surface area contributed by atoms with E-state index in [-0.39, 0.29) is 12.0 Å². The van der Waals surface area contributed by atoms with Gasteiger partial charge in [-0.1, -0.05) is 41.9 Å². The fraction of sp³-hybridized carbons (Fsp3) is 0.350. The van der Waals surface area contributed by atoms with Crippen LogP contribution in [0, 0.1) is 0 Å². The quantitative estimate of drug-likeness (QED) is 0.776. The van der Waals surface area contributed by atoms with Crippen LogP contribution < -0.4 is 9.47 Å². The highest BCUT2D eigenvalue weighted by atomic mass is 35.5. The maximum atomic E-state index is 12.7. The second-order valence-corrected chi connectivity index (χ2v) is 6.50. The number of hydrogen-bond donors (Lipinski definition) is 0. The summed E-state index contributed by atoms with van der Waals surface area (Å²) in [5.41, 5.74) is 0. The molecule has 0 aliphatic carbocycles. The van der Waals surface area contributed by atoms with E-state index in [9.17, 15) is 4.79 Å². The van der Waals surface area contributed by atoms with Crippen molar-refractivity contribution in [1.29, 1.82) is 0 Å². The van der Waals surface area contributed by atoms with Gasteiger partial charge < -0.3 is 19.1 Å². The third-order valence-corrected chi connectivity index (χ3v) is 4.43. The Balaban J connectivity index is 1.53. The Bertz CT molecular complexity index is 725. The second-order valence-electron chi connectivity index (χ2n) is 6.09. The summed E-state index contributed by atoms with van der Waals surface area (Å²) in [6, 6.07) is 16.7. The van der Waals surface area contributed by atoms with E-state index in [1.807, 2.05) is 42.5 Å². The third-order valence-electron chi connectivity index (χ3n) is 4.12. The normalized spacial score (nSPS) is 18.2. The van der Waals surface area contributed by atoms with Gasteiger partial charge >= 0.3 is 0 Å². The molecule has 0 radical (unpaired) electrons. The van der Waals surface area contributed by atoms with Crippen LogP contribution >= 0.6 is 11.6 Å². The number of nitrogens with zero attached hydrogens (tertiary/aromatic N) is 1. The SMILES string of the molecule is C[C@@H](Oc1ccccc1Cl)C(=O)N1CCO[C@H](COc2ccccc2)C1. The summed E-state index contributed by atoms with van der Waals surface area (Å²) in [4.78, 5) is 14.4. The highest BCUT2D eigenvalue weighted by Gasteiger charge is 2.29. The molecule has 3 rings (SSSR count). The minimum Gasteiger partial charge on any atom is -0.491 e. The number of morpholine rings is 1. The maximum absolute atomic E-state index is 12.7. The van der Waals surface area contributed by atoms with Crippen molar-refractivity contribution in [2.24, 2.45) is 0 Å². The summed E-state index contributed by atoms with van der Waals surface area (Å²) in [5, 5.41) is 0.489. The van der Waals surface area contributed by atoms with Gasteiger partial charge in [0.15, 0.2) is 6.10 Å². The molecule has 26 heavy (non-hydrogen) atoms. The van der Waals surface area contributed by atoms with Crippen LogP contribution in [0.15, 0.2) is 54.6 Å². The first-order chi connectivity index (χ1) is 12.6. The Labute approximate surface area is 158 Å². The molecule has 6 heteroatoms. The molecule has 2 aromatic carbocycles. The van der Waals surface area contributed by atoms with Crippen molar-refractivity contribution in [3.8, 4) is 11.5 Å². The zero-order chi connectivity index (χ0) is 18.4. The number of benzene rings is 2. The van der Waals surface area contributed by atoms with Gasteiger partial charge in [-0.15, -0.1) is 0 Å². The first kappa shape index (κ1) is 18.5. The molecule has 2 aromatic rings. The number of carbonyl (C=O) groups excluding carboxylic acids is 1. The molecular formula is C20H22ClNO4. The summed E-state index contributed by atoms with van der Waals surface area (Å²) in [6.45, 7) is 3.62. The number of para-hydroxylation sites is 2. The Morgan fingerprint density at radius 2 is 1.96 bits per heavy atom. The standard InChI is InChI=1S/C20H22ClNO4/c1-15(26-19-10-6-5-9-18(19)21)20(23)22-11-12-24-17(13-22)14-25-16-7-3-2-4-8-16/h2-10,15,17H,11-14H2,1H3/t15-,17+/m1/s1. The molecule has 0 bridgehead atoms. The molecule has 0 unspecified atom stereocenters. The van der Waals surface area contributed by atoms with E-state index in [4.69, 9.17) is 25.8 Å². The predicted octanol–water partition coefficient (Wildman–Crippen LogP) is 3.41. The summed E-state index contributed by atoms with van der Waals surface area (Å²) < 4.78 is 17.2. The van der Waals surface area contributed by atoms with Crippen LogP contribution in [-0.4, -0.2) is 49.3 Å². The van der Waals surface area contributed by atoms with Crippen molar-refractivity contribution < 1.29 is 19.0 Å². The molecule has 0 spiro atoms. The summed E-state index contributed by atoms with van der Waals surface area (Å²) in [7, 11) is 0. The second kappa shape index (κ2) is 8.92. The Morgan fingerprint density at radius 3 is 2.73 bits per heavy atom. The van der Waals surface area contributed by atoms with Crippen LogP contribution in [-0.2, 0) is 9.53 Å². The van der Waals surface area contributed by atoms with Crippen molar-refractivity contribution in [3.63, 3.8) is 0 Å². The number of hydrogen-bond acceptors (Lipinski definition) is 4. The van der Waals surface area contributed by atoms with Crippen LogP contribution in [0.3, 0.4) is 0 Å². The lowest BCUT2D eigenvalue weighted by atomic mass is 10.2. The van der Waals surface area contributed by atoms with E-state index < -0.39 is 6.10 Å². The molecule has 1 aliphatic rings. The van der Waals surface area contributed by atoms with E-state index in [1.54, 1.807) is 24.0 Å². The molecule has 0 aromatic heterocycles. The number of rotatable bonds is 6. The largest absolute Gasteiger partial charge is 0.491 e. The van der Waals surface area contributed by atoms with Gasteiger partial charge in [0.25, 0.3) is 5.91 Å². The fourth-order valence-corrected chi connectivity index (χ4v) is 2.94. The third kappa shape index (κ3) is 4.90. The van der Waals surface area contributed by atoms with Crippen LogP contribution in [0.5, 0.6) is 11.5 Å². The molecule has 1 heterocycles. The Hall–Kier alpha value is -2.24. The van der Waals surface area contributed by atoms with Crippen molar-refractivity contribution in [2.45, 2.75) is 19.1 Å². The molecular weight excluding hydrogens is 354 g/mol. The van der Waals surface area contributed by atoms with E-state index in [0.717, 1.165) is 5.75 Å². The van der Waals surface area contributed by atoms with Gasteiger partial charge in [0, 0.05) is 6.54 Å². The van der Waals surface area contributed by atoms with E-state index >= 15 is 0 Å². The molecule has 1 fully saturated rings. The average molecular weight is 376 g/mol. The number of amides is 1. The lowest BCUT2D eigenvalue weighted by molar-refractivity contribution is -0.146. The molecule has 2 atom stereocenters. The zero-order valence-corrected chi connectivity index (χ0v) is 15.4. The number of carbonyl (C=O) groups is 1. The van der Waals surface area contributed by atoms with Crippen LogP contribution in [0.1, 0.15) is 6.92 Å². The van der Waals surface area contributed by atoms with Crippen molar-refractivity contribution >= 4 is 17.5 Å². The van der Waals surface area contributed by atoms with Crippen molar-refractivity contribution in [3.05, 3.63) is 59.6 Å². The topological polar surface area (TPSA) is 48.0 Å². The molecule has 1 saturated heterocycles. The van der Waals surface area contributed by atoms with Gasteiger partial charge in [-0.05, 0) is 31.2 Å². The van der Waals surface area contributed by atoms with E-state index in [2.05, 4.69) is 0 Å². The van der Waals surface area contributed by atoms with E-state index in [1.165, 1.54) is 0 Å².